The minimum Gasteiger partial charge on any atom is -0.497 e. The smallest absolute Gasteiger partial charge is 0.195 e. The van der Waals surface area contributed by atoms with E-state index in [4.69, 9.17) is 9.72 Å². The van der Waals surface area contributed by atoms with E-state index in [9.17, 15) is 0 Å². The monoisotopic (exact) mass is 258 g/mol. The number of hydrogen-bond acceptors (Lipinski definition) is 3. The first-order valence-corrected chi connectivity index (χ1v) is 7.15. The van der Waals surface area contributed by atoms with Crippen molar-refractivity contribution in [2.24, 2.45) is 0 Å². The Bertz CT molecular complexity index is 741. The SMILES string of the molecule is COc1ccc2c(c1)sc1nc3c(n12)CCCC3. The third-order valence-corrected chi connectivity index (χ3v) is 4.71. The maximum atomic E-state index is 5.28. The minimum absolute atomic E-state index is 0.917. The standard InChI is InChI=1S/C14H14N2OS/c1-17-9-6-7-12-13(8-9)18-14-15-10-4-2-3-5-11(10)16(12)14/h6-8H,2-5H2,1H3. The van der Waals surface area contributed by atoms with Gasteiger partial charge in [-0.05, 0) is 43.9 Å². The molecule has 1 aromatic carbocycles. The largest absolute Gasteiger partial charge is 0.497 e. The average Bonchev–Trinajstić information content (AvgIpc) is 2.92. The minimum atomic E-state index is 0.917. The molecule has 0 saturated heterocycles. The van der Waals surface area contributed by atoms with Crippen LogP contribution in [0.25, 0.3) is 15.2 Å². The van der Waals surface area contributed by atoms with Gasteiger partial charge in [-0.3, -0.25) is 4.40 Å². The first-order chi connectivity index (χ1) is 8.86. The van der Waals surface area contributed by atoms with Crippen molar-refractivity contribution in [3.8, 4) is 5.75 Å². The average molecular weight is 258 g/mol. The lowest BCUT2D eigenvalue weighted by Crippen LogP contribution is -2.03. The summed E-state index contributed by atoms with van der Waals surface area (Å²) in [5.41, 5.74) is 4.00. The Kier molecular flexibility index (Phi) is 2.14. The number of nitrogens with zero attached hydrogens (tertiary/aromatic N) is 2. The molecule has 2 heterocycles. The molecule has 0 saturated carbocycles. The fourth-order valence-electron chi connectivity index (χ4n) is 2.82. The fourth-order valence-corrected chi connectivity index (χ4v) is 3.91. The number of aromatic nitrogens is 2. The van der Waals surface area contributed by atoms with Crippen LogP contribution in [0.4, 0.5) is 0 Å². The molecule has 0 amide bonds. The second-order valence-electron chi connectivity index (χ2n) is 4.77. The molecule has 0 aliphatic heterocycles. The van der Waals surface area contributed by atoms with Crippen molar-refractivity contribution in [1.82, 2.24) is 9.38 Å². The highest BCUT2D eigenvalue weighted by atomic mass is 32.1. The zero-order valence-corrected chi connectivity index (χ0v) is 11.1. The van der Waals surface area contributed by atoms with Crippen molar-refractivity contribution in [3.63, 3.8) is 0 Å². The van der Waals surface area contributed by atoms with E-state index in [-0.39, 0.29) is 0 Å². The maximum absolute atomic E-state index is 5.28. The third kappa shape index (κ3) is 1.32. The molecule has 4 rings (SSSR count). The van der Waals surface area contributed by atoms with Crippen LogP contribution in [0.5, 0.6) is 5.75 Å². The number of methoxy groups -OCH3 is 1. The molecule has 3 nitrogen and oxygen atoms in total. The van der Waals surface area contributed by atoms with Gasteiger partial charge in [0.1, 0.15) is 5.75 Å². The lowest BCUT2D eigenvalue weighted by molar-refractivity contribution is 0.415. The molecule has 0 atom stereocenters. The summed E-state index contributed by atoms with van der Waals surface area (Å²) in [6.07, 6.45) is 4.87. The quantitative estimate of drug-likeness (QED) is 0.668. The summed E-state index contributed by atoms with van der Waals surface area (Å²) < 4.78 is 8.88. The zero-order chi connectivity index (χ0) is 12.1. The Hall–Kier alpha value is -1.55. The van der Waals surface area contributed by atoms with Crippen molar-refractivity contribution in [3.05, 3.63) is 29.6 Å². The van der Waals surface area contributed by atoms with Crippen molar-refractivity contribution in [1.29, 1.82) is 0 Å². The summed E-state index contributed by atoms with van der Waals surface area (Å²) in [7, 11) is 1.71. The lowest BCUT2D eigenvalue weighted by atomic mass is 10.0. The van der Waals surface area contributed by atoms with Gasteiger partial charge in [-0.25, -0.2) is 4.98 Å². The van der Waals surface area contributed by atoms with Gasteiger partial charge >= 0.3 is 0 Å². The van der Waals surface area contributed by atoms with Crippen LogP contribution >= 0.6 is 11.3 Å². The summed E-state index contributed by atoms with van der Waals surface area (Å²) in [6.45, 7) is 0. The van der Waals surface area contributed by atoms with Crippen LogP contribution in [0, 0.1) is 0 Å². The molecule has 3 aromatic rings. The van der Waals surface area contributed by atoms with E-state index in [1.54, 1.807) is 18.4 Å². The second kappa shape index (κ2) is 3.72. The number of rotatable bonds is 1. The van der Waals surface area contributed by atoms with Crippen molar-refractivity contribution < 1.29 is 4.74 Å². The van der Waals surface area contributed by atoms with Gasteiger partial charge in [0, 0.05) is 5.69 Å². The molecule has 2 aromatic heterocycles. The number of fused-ring (bicyclic) bond motifs is 5. The fraction of sp³-hybridized carbons (Fsp3) is 0.357. The molecule has 0 radical (unpaired) electrons. The number of ether oxygens (including phenoxy) is 1. The molecule has 0 unspecified atom stereocenters. The molecule has 4 heteroatoms. The topological polar surface area (TPSA) is 26.5 Å². The van der Waals surface area contributed by atoms with Crippen LogP contribution in [-0.4, -0.2) is 16.5 Å². The van der Waals surface area contributed by atoms with Gasteiger partial charge in [0.05, 0.1) is 23.0 Å². The van der Waals surface area contributed by atoms with Gasteiger partial charge in [-0.1, -0.05) is 11.3 Å². The van der Waals surface area contributed by atoms with Crippen LogP contribution in [-0.2, 0) is 12.8 Å². The summed E-state index contributed by atoms with van der Waals surface area (Å²) >= 11 is 1.76. The number of benzene rings is 1. The van der Waals surface area contributed by atoms with E-state index < -0.39 is 0 Å². The van der Waals surface area contributed by atoms with Crippen LogP contribution in [0.15, 0.2) is 18.2 Å². The van der Waals surface area contributed by atoms with Gasteiger partial charge < -0.3 is 4.74 Å². The summed E-state index contributed by atoms with van der Waals surface area (Å²) in [4.78, 5) is 5.92. The molecule has 1 aliphatic carbocycles. The first-order valence-electron chi connectivity index (χ1n) is 6.33. The van der Waals surface area contributed by atoms with Crippen LogP contribution in [0.3, 0.4) is 0 Å². The van der Waals surface area contributed by atoms with E-state index >= 15 is 0 Å². The predicted molar refractivity (Wildman–Crippen MR) is 73.8 cm³/mol. The summed E-state index contributed by atoms with van der Waals surface area (Å²) in [5.74, 6) is 0.917. The molecule has 0 N–H and O–H groups in total. The highest BCUT2D eigenvalue weighted by Gasteiger charge is 2.19. The number of imidazole rings is 1. The summed E-state index contributed by atoms with van der Waals surface area (Å²) in [6, 6.07) is 6.28. The molecule has 1 aliphatic rings. The highest BCUT2D eigenvalue weighted by Crippen LogP contribution is 2.33. The Morgan fingerprint density at radius 1 is 1.28 bits per heavy atom. The highest BCUT2D eigenvalue weighted by molar-refractivity contribution is 7.23. The van der Waals surface area contributed by atoms with E-state index in [2.05, 4.69) is 16.5 Å². The number of thiazole rings is 1. The zero-order valence-electron chi connectivity index (χ0n) is 10.3. The Morgan fingerprint density at radius 3 is 3.06 bits per heavy atom. The molecule has 0 bridgehead atoms. The summed E-state index contributed by atoms with van der Waals surface area (Å²) in [5, 5.41) is 0. The maximum Gasteiger partial charge on any atom is 0.195 e. The normalized spacial score (nSPS) is 15.2. The Morgan fingerprint density at radius 2 is 2.17 bits per heavy atom. The molecule has 0 spiro atoms. The van der Waals surface area contributed by atoms with E-state index in [1.165, 1.54) is 34.4 Å². The van der Waals surface area contributed by atoms with Gasteiger partial charge in [0.15, 0.2) is 4.96 Å². The van der Waals surface area contributed by atoms with E-state index in [0.717, 1.165) is 23.6 Å². The molecular weight excluding hydrogens is 244 g/mol. The number of hydrogen-bond donors (Lipinski definition) is 0. The Labute approximate surface area is 109 Å². The van der Waals surface area contributed by atoms with Gasteiger partial charge in [-0.2, -0.15) is 0 Å². The van der Waals surface area contributed by atoms with Gasteiger partial charge in [0.2, 0.25) is 0 Å². The molecule has 92 valence electrons. The first kappa shape index (κ1) is 10.4. The van der Waals surface area contributed by atoms with Crippen LogP contribution < -0.4 is 4.74 Å². The van der Waals surface area contributed by atoms with Crippen molar-refractivity contribution >= 4 is 26.5 Å². The van der Waals surface area contributed by atoms with E-state index in [0.29, 0.717) is 0 Å². The van der Waals surface area contributed by atoms with Crippen molar-refractivity contribution in [2.45, 2.75) is 25.7 Å². The van der Waals surface area contributed by atoms with E-state index in [1.807, 2.05) is 6.07 Å². The second-order valence-corrected chi connectivity index (χ2v) is 5.78. The van der Waals surface area contributed by atoms with Crippen LogP contribution in [0.1, 0.15) is 24.2 Å². The lowest BCUT2D eigenvalue weighted by Gasteiger charge is -2.10. The third-order valence-electron chi connectivity index (χ3n) is 3.71. The van der Waals surface area contributed by atoms with Gasteiger partial charge in [0.25, 0.3) is 0 Å². The van der Waals surface area contributed by atoms with Crippen LogP contribution in [0.2, 0.25) is 0 Å². The predicted octanol–water partition coefficient (Wildman–Crippen LogP) is 3.44. The molecule has 0 fully saturated rings. The van der Waals surface area contributed by atoms with Gasteiger partial charge in [-0.15, -0.1) is 0 Å². The molecular formula is C14H14N2OS. The van der Waals surface area contributed by atoms with Crippen molar-refractivity contribution in [2.75, 3.05) is 7.11 Å². The molecule has 18 heavy (non-hydrogen) atoms. The number of aryl methyl sites for hydroxylation is 2. The Balaban J connectivity index is 2.06.